The van der Waals surface area contributed by atoms with Gasteiger partial charge < -0.3 is 10.6 Å². The van der Waals surface area contributed by atoms with Gasteiger partial charge in [-0.05, 0) is 19.1 Å². The predicted molar refractivity (Wildman–Crippen MR) is 71.2 cm³/mol. The summed E-state index contributed by atoms with van der Waals surface area (Å²) in [5.41, 5.74) is 6.63. The van der Waals surface area contributed by atoms with Crippen molar-refractivity contribution in [1.82, 2.24) is 19.9 Å². The number of aromatic nitrogens is 3. The topological polar surface area (TPSA) is 85.0 Å². The number of nitrogens with two attached hydrogens (primary N) is 1. The Kier molecular flexibility index (Phi) is 3.70. The molecule has 98 valence electrons. The van der Waals surface area contributed by atoms with E-state index in [0.29, 0.717) is 0 Å². The predicted octanol–water partition coefficient (Wildman–Crippen LogP) is 1.29. The molecule has 0 bridgehead atoms. The van der Waals surface area contributed by atoms with Gasteiger partial charge >= 0.3 is 0 Å². The first-order valence-corrected chi connectivity index (χ1v) is 5.86. The second-order valence-electron chi connectivity index (χ2n) is 4.14. The van der Waals surface area contributed by atoms with Crippen LogP contribution in [0.15, 0.2) is 36.8 Å². The van der Waals surface area contributed by atoms with Crippen LogP contribution in [0.25, 0.3) is 0 Å². The summed E-state index contributed by atoms with van der Waals surface area (Å²) >= 11 is 0. The fraction of sp³-hybridized carbons (Fsp3) is 0.231. The van der Waals surface area contributed by atoms with Crippen LogP contribution in [0.4, 0.5) is 5.82 Å². The van der Waals surface area contributed by atoms with E-state index in [-0.39, 0.29) is 23.5 Å². The molecular formula is C13H15N5O. The zero-order valence-corrected chi connectivity index (χ0v) is 10.8. The number of anilines is 1. The second-order valence-corrected chi connectivity index (χ2v) is 4.14. The molecule has 6 heteroatoms. The van der Waals surface area contributed by atoms with Crippen LogP contribution in [0.5, 0.6) is 0 Å². The SMILES string of the molecule is C[C@H](c1ccccn1)N(C)C(=O)c1nccnc1N. The molecule has 1 amide bonds. The summed E-state index contributed by atoms with van der Waals surface area (Å²) in [5.74, 6) is -0.142. The molecular weight excluding hydrogens is 242 g/mol. The second kappa shape index (κ2) is 5.43. The Morgan fingerprint density at radius 3 is 2.58 bits per heavy atom. The van der Waals surface area contributed by atoms with E-state index in [1.54, 1.807) is 18.1 Å². The van der Waals surface area contributed by atoms with Crippen molar-refractivity contribution in [1.29, 1.82) is 0 Å². The van der Waals surface area contributed by atoms with Gasteiger partial charge in [0.25, 0.3) is 5.91 Å². The van der Waals surface area contributed by atoms with Crippen molar-refractivity contribution >= 4 is 11.7 Å². The van der Waals surface area contributed by atoms with Crippen molar-refractivity contribution in [2.24, 2.45) is 0 Å². The van der Waals surface area contributed by atoms with E-state index in [0.717, 1.165) is 5.69 Å². The number of nitrogen functional groups attached to an aromatic ring is 1. The number of amides is 1. The molecule has 1 atom stereocenters. The first-order chi connectivity index (χ1) is 9.11. The Labute approximate surface area is 111 Å². The lowest BCUT2D eigenvalue weighted by molar-refractivity contribution is 0.0734. The third-order valence-electron chi connectivity index (χ3n) is 2.95. The first-order valence-electron chi connectivity index (χ1n) is 5.86. The number of hydrogen-bond acceptors (Lipinski definition) is 5. The summed E-state index contributed by atoms with van der Waals surface area (Å²) in [4.78, 5) is 25.9. The average molecular weight is 257 g/mol. The Balaban J connectivity index is 2.23. The number of nitrogens with zero attached hydrogens (tertiary/aromatic N) is 4. The van der Waals surface area contributed by atoms with E-state index in [2.05, 4.69) is 15.0 Å². The molecule has 0 fully saturated rings. The fourth-order valence-corrected chi connectivity index (χ4v) is 1.68. The fourth-order valence-electron chi connectivity index (χ4n) is 1.68. The molecule has 0 radical (unpaired) electrons. The van der Waals surface area contributed by atoms with Gasteiger partial charge in [0.15, 0.2) is 11.5 Å². The van der Waals surface area contributed by atoms with E-state index in [1.165, 1.54) is 12.4 Å². The van der Waals surface area contributed by atoms with Gasteiger partial charge in [-0.15, -0.1) is 0 Å². The Morgan fingerprint density at radius 1 is 1.21 bits per heavy atom. The van der Waals surface area contributed by atoms with Crippen LogP contribution in [0.3, 0.4) is 0 Å². The van der Waals surface area contributed by atoms with Gasteiger partial charge in [0, 0.05) is 25.6 Å². The van der Waals surface area contributed by atoms with E-state index < -0.39 is 0 Å². The summed E-state index contributed by atoms with van der Waals surface area (Å²) in [7, 11) is 1.69. The van der Waals surface area contributed by atoms with Crippen LogP contribution in [0.1, 0.15) is 29.1 Å². The minimum atomic E-state index is -0.274. The maximum Gasteiger partial charge on any atom is 0.276 e. The molecule has 6 nitrogen and oxygen atoms in total. The monoisotopic (exact) mass is 257 g/mol. The standard InChI is InChI=1S/C13H15N5O/c1-9(10-5-3-4-6-15-10)18(2)13(19)11-12(14)17-8-7-16-11/h3-9H,1-2H3,(H2,14,17)/t9-/m1/s1. The number of rotatable bonds is 3. The lowest BCUT2D eigenvalue weighted by atomic mass is 10.2. The minimum Gasteiger partial charge on any atom is -0.382 e. The molecule has 19 heavy (non-hydrogen) atoms. The Hall–Kier alpha value is -2.50. The van der Waals surface area contributed by atoms with Crippen molar-refractivity contribution in [3.63, 3.8) is 0 Å². The van der Waals surface area contributed by atoms with Crippen molar-refractivity contribution < 1.29 is 4.79 Å². The smallest absolute Gasteiger partial charge is 0.276 e. The summed E-state index contributed by atoms with van der Waals surface area (Å²) in [6, 6.07) is 5.41. The lowest BCUT2D eigenvalue weighted by Gasteiger charge is -2.24. The van der Waals surface area contributed by atoms with E-state index in [1.807, 2.05) is 25.1 Å². The molecule has 0 aromatic carbocycles. The molecule has 2 heterocycles. The van der Waals surface area contributed by atoms with Crippen LogP contribution < -0.4 is 5.73 Å². The van der Waals surface area contributed by atoms with Gasteiger partial charge in [-0.2, -0.15) is 0 Å². The summed E-state index contributed by atoms with van der Waals surface area (Å²) < 4.78 is 0. The van der Waals surface area contributed by atoms with E-state index in [4.69, 9.17) is 5.73 Å². The van der Waals surface area contributed by atoms with Crippen molar-refractivity contribution in [3.05, 3.63) is 48.2 Å². The van der Waals surface area contributed by atoms with Crippen molar-refractivity contribution in [3.8, 4) is 0 Å². The molecule has 0 saturated carbocycles. The van der Waals surface area contributed by atoms with Gasteiger partial charge in [-0.1, -0.05) is 6.07 Å². The number of carbonyl (C=O) groups is 1. The van der Waals surface area contributed by atoms with Gasteiger partial charge in [0.2, 0.25) is 0 Å². The molecule has 2 aromatic heterocycles. The maximum atomic E-state index is 12.3. The number of pyridine rings is 1. The van der Waals surface area contributed by atoms with E-state index in [9.17, 15) is 4.79 Å². The third-order valence-corrected chi connectivity index (χ3v) is 2.95. The number of carbonyl (C=O) groups excluding carboxylic acids is 1. The molecule has 0 aliphatic heterocycles. The molecule has 2 N–H and O–H groups in total. The highest BCUT2D eigenvalue weighted by Crippen LogP contribution is 2.19. The maximum absolute atomic E-state index is 12.3. The highest BCUT2D eigenvalue weighted by molar-refractivity contribution is 5.96. The molecule has 0 aliphatic carbocycles. The molecule has 0 aliphatic rings. The summed E-state index contributed by atoms with van der Waals surface area (Å²) in [6.07, 6.45) is 4.60. The Bertz CT molecular complexity index is 572. The summed E-state index contributed by atoms with van der Waals surface area (Å²) in [5, 5.41) is 0. The lowest BCUT2D eigenvalue weighted by Crippen LogP contribution is -2.31. The van der Waals surface area contributed by atoms with Gasteiger partial charge in [0.1, 0.15) is 0 Å². The van der Waals surface area contributed by atoms with Gasteiger partial charge in [-0.3, -0.25) is 9.78 Å². The normalized spacial score (nSPS) is 11.9. The molecule has 0 saturated heterocycles. The molecule has 2 aromatic rings. The van der Waals surface area contributed by atoms with Crippen LogP contribution >= 0.6 is 0 Å². The first kappa shape index (κ1) is 12.9. The average Bonchev–Trinajstić information content (AvgIpc) is 2.46. The highest BCUT2D eigenvalue weighted by Gasteiger charge is 2.22. The van der Waals surface area contributed by atoms with Crippen LogP contribution in [0, 0.1) is 0 Å². The zero-order valence-electron chi connectivity index (χ0n) is 10.8. The van der Waals surface area contributed by atoms with E-state index >= 15 is 0 Å². The van der Waals surface area contributed by atoms with Crippen molar-refractivity contribution in [2.75, 3.05) is 12.8 Å². The van der Waals surface area contributed by atoms with Gasteiger partial charge in [0.05, 0.1) is 11.7 Å². The highest BCUT2D eigenvalue weighted by atomic mass is 16.2. The molecule has 2 rings (SSSR count). The zero-order chi connectivity index (χ0) is 13.8. The van der Waals surface area contributed by atoms with Crippen LogP contribution in [-0.2, 0) is 0 Å². The Morgan fingerprint density at radius 2 is 1.95 bits per heavy atom. The largest absolute Gasteiger partial charge is 0.382 e. The molecule has 0 unspecified atom stereocenters. The summed E-state index contributed by atoms with van der Waals surface area (Å²) in [6.45, 7) is 1.90. The quantitative estimate of drug-likeness (QED) is 0.895. The number of hydrogen-bond donors (Lipinski definition) is 1. The van der Waals surface area contributed by atoms with Crippen molar-refractivity contribution in [2.45, 2.75) is 13.0 Å². The van der Waals surface area contributed by atoms with Gasteiger partial charge in [-0.25, -0.2) is 9.97 Å². The minimum absolute atomic E-state index is 0.132. The third kappa shape index (κ3) is 2.67. The van der Waals surface area contributed by atoms with Crippen LogP contribution in [0.2, 0.25) is 0 Å². The molecule has 0 spiro atoms. The van der Waals surface area contributed by atoms with Crippen LogP contribution in [-0.4, -0.2) is 32.8 Å².